The quantitative estimate of drug-likeness (QED) is 0.391. The summed E-state index contributed by atoms with van der Waals surface area (Å²) in [4.78, 5) is 4.48. The number of benzene rings is 2. The van der Waals surface area contributed by atoms with Crippen LogP contribution in [-0.4, -0.2) is 15.2 Å². The first kappa shape index (κ1) is 18.2. The first-order valence-corrected chi connectivity index (χ1v) is 11.0. The molecule has 4 aromatic rings. The van der Waals surface area contributed by atoms with Crippen LogP contribution in [0.25, 0.3) is 22.0 Å². The van der Waals surface area contributed by atoms with E-state index in [4.69, 9.17) is 27.9 Å². The first-order chi connectivity index (χ1) is 14.7. The molecule has 1 atom stereocenters. The van der Waals surface area contributed by atoms with Crippen LogP contribution in [0.1, 0.15) is 41.5 Å². The number of H-pyrrole nitrogens is 1. The Kier molecular flexibility index (Phi) is 4.25. The molecule has 1 aliphatic carbocycles. The lowest BCUT2D eigenvalue weighted by Crippen LogP contribution is -2.09. The number of rotatable bonds is 2. The summed E-state index contributed by atoms with van der Waals surface area (Å²) in [5, 5.41) is 10.3. The SMILES string of the molecule is Clc1cc2c(c(-c3ccnc4cc(Cl)ccc34)c1)O[C@@H](c1n[nH]c3c1CCCC3)C2. The third-order valence-corrected chi connectivity index (χ3v) is 6.64. The van der Waals surface area contributed by atoms with Crippen LogP contribution in [0.4, 0.5) is 0 Å². The predicted octanol–water partition coefficient (Wildman–Crippen LogP) is 6.49. The fourth-order valence-electron chi connectivity index (χ4n) is 4.81. The highest BCUT2D eigenvalue weighted by atomic mass is 35.5. The maximum atomic E-state index is 6.54. The molecular formula is C24H19Cl2N3O. The summed E-state index contributed by atoms with van der Waals surface area (Å²) in [6.07, 6.45) is 7.07. The van der Waals surface area contributed by atoms with Crippen molar-refractivity contribution >= 4 is 34.1 Å². The van der Waals surface area contributed by atoms with Crippen molar-refractivity contribution in [2.45, 2.75) is 38.2 Å². The van der Waals surface area contributed by atoms with Gasteiger partial charge in [-0.05, 0) is 61.6 Å². The summed E-state index contributed by atoms with van der Waals surface area (Å²) in [5.41, 5.74) is 7.66. The zero-order valence-corrected chi connectivity index (χ0v) is 17.7. The average molecular weight is 436 g/mol. The van der Waals surface area contributed by atoms with E-state index in [0.717, 1.165) is 58.3 Å². The van der Waals surface area contributed by atoms with Gasteiger partial charge in [0.15, 0.2) is 0 Å². The van der Waals surface area contributed by atoms with Gasteiger partial charge in [-0.15, -0.1) is 0 Å². The van der Waals surface area contributed by atoms with Crippen LogP contribution in [0.15, 0.2) is 42.6 Å². The standard InChI is InChI=1S/C24H19Cl2N3O/c25-14-5-6-17-16(7-8-27-21(17)12-14)19-11-15(26)9-13-10-22(30-24(13)19)23-18-3-1-2-4-20(18)28-29-23/h5-9,11-12,22H,1-4,10H2,(H,28,29)/t22-/m1/s1. The van der Waals surface area contributed by atoms with Crippen molar-refractivity contribution in [3.8, 4) is 16.9 Å². The number of fused-ring (bicyclic) bond motifs is 3. The fourth-order valence-corrected chi connectivity index (χ4v) is 5.21. The summed E-state index contributed by atoms with van der Waals surface area (Å²) >= 11 is 12.7. The summed E-state index contributed by atoms with van der Waals surface area (Å²) in [7, 11) is 0. The van der Waals surface area contributed by atoms with Crippen molar-refractivity contribution in [3.05, 3.63) is 75.2 Å². The molecule has 150 valence electrons. The number of nitrogens with one attached hydrogen (secondary N) is 1. The molecule has 2 aliphatic rings. The number of aryl methyl sites for hydroxylation is 1. The molecule has 6 rings (SSSR count). The lowest BCUT2D eigenvalue weighted by Gasteiger charge is -2.16. The Morgan fingerprint density at radius 2 is 1.87 bits per heavy atom. The number of hydrogen-bond donors (Lipinski definition) is 1. The molecule has 0 fully saturated rings. The highest BCUT2D eigenvalue weighted by molar-refractivity contribution is 6.31. The van der Waals surface area contributed by atoms with Gasteiger partial charge in [0.1, 0.15) is 17.5 Å². The number of pyridine rings is 1. The van der Waals surface area contributed by atoms with Gasteiger partial charge in [-0.25, -0.2) is 0 Å². The Labute approximate surface area is 184 Å². The molecule has 0 radical (unpaired) electrons. The molecular weight excluding hydrogens is 417 g/mol. The van der Waals surface area contributed by atoms with Crippen LogP contribution in [0.3, 0.4) is 0 Å². The fraction of sp³-hybridized carbons (Fsp3) is 0.250. The summed E-state index contributed by atoms with van der Waals surface area (Å²) in [6, 6.07) is 11.8. The molecule has 4 nitrogen and oxygen atoms in total. The second-order valence-corrected chi connectivity index (χ2v) is 8.92. The van der Waals surface area contributed by atoms with E-state index in [2.05, 4.69) is 15.2 Å². The van der Waals surface area contributed by atoms with Crippen molar-refractivity contribution in [3.63, 3.8) is 0 Å². The van der Waals surface area contributed by atoms with E-state index in [0.29, 0.717) is 10.0 Å². The maximum absolute atomic E-state index is 6.54. The van der Waals surface area contributed by atoms with Crippen LogP contribution < -0.4 is 4.74 Å². The second-order valence-electron chi connectivity index (χ2n) is 8.05. The molecule has 3 heterocycles. The molecule has 0 bridgehead atoms. The van der Waals surface area contributed by atoms with Crippen molar-refractivity contribution in [2.75, 3.05) is 0 Å². The van der Waals surface area contributed by atoms with Gasteiger partial charge in [0, 0.05) is 50.4 Å². The van der Waals surface area contributed by atoms with Gasteiger partial charge in [-0.1, -0.05) is 29.3 Å². The van der Waals surface area contributed by atoms with E-state index in [1.807, 2.05) is 36.4 Å². The molecule has 1 N–H and O–H groups in total. The average Bonchev–Trinajstić information content (AvgIpc) is 3.36. The second kappa shape index (κ2) is 7.00. The molecule has 30 heavy (non-hydrogen) atoms. The molecule has 0 saturated carbocycles. The Morgan fingerprint density at radius 3 is 2.80 bits per heavy atom. The van der Waals surface area contributed by atoms with Crippen LogP contribution >= 0.6 is 23.2 Å². The number of ether oxygens (including phenoxy) is 1. The van der Waals surface area contributed by atoms with E-state index >= 15 is 0 Å². The smallest absolute Gasteiger partial charge is 0.147 e. The lowest BCUT2D eigenvalue weighted by molar-refractivity contribution is 0.232. The summed E-state index contributed by atoms with van der Waals surface area (Å²) in [6.45, 7) is 0. The van der Waals surface area contributed by atoms with Crippen molar-refractivity contribution in [2.24, 2.45) is 0 Å². The summed E-state index contributed by atoms with van der Waals surface area (Å²) in [5.74, 6) is 0.888. The van der Waals surface area contributed by atoms with Crippen LogP contribution in [0.2, 0.25) is 10.0 Å². The predicted molar refractivity (Wildman–Crippen MR) is 120 cm³/mol. The number of nitrogens with zero attached hydrogens (tertiary/aromatic N) is 2. The Bertz CT molecular complexity index is 1300. The van der Waals surface area contributed by atoms with E-state index in [1.165, 1.54) is 24.1 Å². The van der Waals surface area contributed by atoms with Crippen molar-refractivity contribution < 1.29 is 4.74 Å². The minimum atomic E-state index is -0.0853. The van der Waals surface area contributed by atoms with Crippen LogP contribution in [0, 0.1) is 0 Å². The molecule has 6 heteroatoms. The third kappa shape index (κ3) is 2.90. The van der Waals surface area contributed by atoms with Crippen LogP contribution in [-0.2, 0) is 19.3 Å². The highest BCUT2D eigenvalue weighted by Gasteiger charge is 2.32. The number of aromatic nitrogens is 3. The Morgan fingerprint density at radius 1 is 0.967 bits per heavy atom. The molecule has 0 unspecified atom stereocenters. The van der Waals surface area contributed by atoms with Gasteiger partial charge in [-0.3, -0.25) is 10.1 Å². The largest absolute Gasteiger partial charge is 0.483 e. The van der Waals surface area contributed by atoms with Gasteiger partial charge in [0.25, 0.3) is 0 Å². The number of aromatic amines is 1. The van der Waals surface area contributed by atoms with Gasteiger partial charge >= 0.3 is 0 Å². The Balaban J connectivity index is 1.46. The summed E-state index contributed by atoms with van der Waals surface area (Å²) < 4.78 is 6.54. The van der Waals surface area contributed by atoms with Gasteiger partial charge in [0.05, 0.1) is 5.52 Å². The molecule has 0 spiro atoms. The number of hydrogen-bond acceptors (Lipinski definition) is 3. The molecule has 0 amide bonds. The minimum absolute atomic E-state index is 0.0853. The third-order valence-electron chi connectivity index (χ3n) is 6.18. The zero-order chi connectivity index (χ0) is 20.2. The normalized spacial score (nSPS) is 17.6. The van der Waals surface area contributed by atoms with Gasteiger partial charge < -0.3 is 4.74 Å². The zero-order valence-electron chi connectivity index (χ0n) is 16.2. The van der Waals surface area contributed by atoms with E-state index in [-0.39, 0.29) is 6.10 Å². The van der Waals surface area contributed by atoms with E-state index in [1.54, 1.807) is 6.20 Å². The van der Waals surface area contributed by atoms with Crippen molar-refractivity contribution in [1.82, 2.24) is 15.2 Å². The van der Waals surface area contributed by atoms with E-state index < -0.39 is 0 Å². The Hall–Kier alpha value is -2.56. The molecule has 2 aromatic heterocycles. The number of halogens is 2. The van der Waals surface area contributed by atoms with E-state index in [9.17, 15) is 0 Å². The molecule has 2 aromatic carbocycles. The highest BCUT2D eigenvalue weighted by Crippen LogP contribution is 2.47. The first-order valence-electron chi connectivity index (χ1n) is 10.3. The molecule has 1 aliphatic heterocycles. The minimum Gasteiger partial charge on any atom is -0.483 e. The monoisotopic (exact) mass is 435 g/mol. The maximum Gasteiger partial charge on any atom is 0.147 e. The van der Waals surface area contributed by atoms with Crippen LogP contribution in [0.5, 0.6) is 5.75 Å². The van der Waals surface area contributed by atoms with Crippen molar-refractivity contribution in [1.29, 1.82) is 0 Å². The topological polar surface area (TPSA) is 50.8 Å². The van der Waals surface area contributed by atoms with Gasteiger partial charge in [0.2, 0.25) is 0 Å². The lowest BCUT2D eigenvalue weighted by atomic mass is 9.93. The van der Waals surface area contributed by atoms with Gasteiger partial charge in [-0.2, -0.15) is 5.10 Å². The molecule has 0 saturated heterocycles.